The van der Waals surface area contributed by atoms with Crippen LogP contribution in [0.25, 0.3) is 0 Å². The van der Waals surface area contributed by atoms with Gasteiger partial charge in [0.15, 0.2) is 6.61 Å². The summed E-state index contributed by atoms with van der Waals surface area (Å²) in [5, 5.41) is 2.57. The zero-order chi connectivity index (χ0) is 16.8. The smallest absolute Gasteiger partial charge is 0.348 e. The first-order valence-electron chi connectivity index (χ1n) is 6.71. The molecule has 120 valence electrons. The molecule has 0 bridgehead atoms. The first kappa shape index (κ1) is 16.7. The van der Waals surface area contributed by atoms with Crippen LogP contribution < -0.4 is 5.32 Å². The zero-order valence-corrected chi connectivity index (χ0v) is 13.4. The molecule has 0 atom stereocenters. The predicted octanol–water partition coefficient (Wildman–Crippen LogP) is 2.64. The Hall–Kier alpha value is -2.67. The van der Waals surface area contributed by atoms with Crippen molar-refractivity contribution >= 4 is 34.9 Å². The Morgan fingerprint density at radius 1 is 1.04 bits per heavy atom. The molecule has 1 heterocycles. The van der Waals surface area contributed by atoms with Crippen molar-refractivity contribution in [1.29, 1.82) is 0 Å². The summed E-state index contributed by atoms with van der Waals surface area (Å²) >= 11 is 1.31. The lowest BCUT2D eigenvalue weighted by molar-refractivity contribution is -0.119. The Morgan fingerprint density at radius 3 is 2.30 bits per heavy atom. The van der Waals surface area contributed by atoms with Gasteiger partial charge in [-0.25, -0.2) is 9.59 Å². The van der Waals surface area contributed by atoms with Gasteiger partial charge in [-0.15, -0.1) is 11.3 Å². The molecule has 0 radical (unpaired) electrons. The summed E-state index contributed by atoms with van der Waals surface area (Å²) in [4.78, 5) is 36.2. The minimum Gasteiger partial charge on any atom is -0.465 e. The lowest BCUT2D eigenvalue weighted by atomic mass is 10.2. The second-order valence-corrected chi connectivity index (χ2v) is 5.89. The van der Waals surface area contributed by atoms with Gasteiger partial charge in [0.25, 0.3) is 5.91 Å². The van der Waals surface area contributed by atoms with Crippen LogP contribution in [0.4, 0.5) is 5.69 Å². The molecule has 2 aromatic rings. The summed E-state index contributed by atoms with van der Waals surface area (Å²) in [5.41, 5.74) is 0.871. The van der Waals surface area contributed by atoms with E-state index in [2.05, 4.69) is 10.1 Å². The zero-order valence-electron chi connectivity index (χ0n) is 12.6. The van der Waals surface area contributed by atoms with E-state index in [-0.39, 0.29) is 6.61 Å². The van der Waals surface area contributed by atoms with Crippen LogP contribution in [-0.4, -0.2) is 31.6 Å². The van der Waals surface area contributed by atoms with Crippen molar-refractivity contribution in [2.45, 2.75) is 6.92 Å². The molecular formula is C16H15NO5S. The molecule has 0 aliphatic heterocycles. The van der Waals surface area contributed by atoms with Crippen LogP contribution in [0, 0.1) is 6.92 Å². The van der Waals surface area contributed by atoms with Crippen molar-refractivity contribution in [3.05, 3.63) is 51.7 Å². The van der Waals surface area contributed by atoms with Crippen LogP contribution in [0.3, 0.4) is 0 Å². The number of thiophene rings is 1. The van der Waals surface area contributed by atoms with Crippen molar-refractivity contribution < 1.29 is 23.9 Å². The molecule has 1 amide bonds. The first-order chi connectivity index (χ1) is 11.0. The second-order valence-electron chi connectivity index (χ2n) is 4.60. The summed E-state index contributed by atoms with van der Waals surface area (Å²) in [6, 6.07) is 9.66. The van der Waals surface area contributed by atoms with E-state index in [4.69, 9.17) is 4.74 Å². The van der Waals surface area contributed by atoms with Crippen LogP contribution in [0.1, 0.15) is 24.9 Å². The quantitative estimate of drug-likeness (QED) is 0.851. The van der Waals surface area contributed by atoms with Crippen LogP contribution in [0.15, 0.2) is 36.4 Å². The SMILES string of the molecule is COC(=O)c1ccc(NC(=O)COC(=O)c2ccc(C)s2)cc1. The molecule has 0 fully saturated rings. The van der Waals surface area contributed by atoms with Crippen LogP contribution in [-0.2, 0) is 14.3 Å². The molecular weight excluding hydrogens is 318 g/mol. The minimum absolute atomic E-state index is 0.380. The van der Waals surface area contributed by atoms with E-state index in [0.29, 0.717) is 16.1 Å². The molecule has 1 aromatic carbocycles. The minimum atomic E-state index is -0.528. The number of aryl methyl sites for hydroxylation is 1. The topological polar surface area (TPSA) is 81.7 Å². The third-order valence-electron chi connectivity index (χ3n) is 2.87. The highest BCUT2D eigenvalue weighted by Gasteiger charge is 2.12. The fourth-order valence-corrected chi connectivity index (χ4v) is 2.51. The number of nitrogens with one attached hydrogen (secondary N) is 1. The molecule has 0 aliphatic rings. The fourth-order valence-electron chi connectivity index (χ4n) is 1.75. The maximum absolute atomic E-state index is 11.8. The standard InChI is InChI=1S/C16H15NO5S/c1-10-3-8-13(23-10)16(20)22-9-14(18)17-12-6-4-11(5-7-12)15(19)21-2/h3-8H,9H2,1-2H3,(H,17,18). The van der Waals surface area contributed by atoms with Gasteiger partial charge in [0.1, 0.15) is 4.88 Å². The summed E-state index contributed by atoms with van der Waals surface area (Å²) in [6.07, 6.45) is 0. The molecule has 0 spiro atoms. The normalized spacial score (nSPS) is 10.0. The Labute approximate surface area is 137 Å². The number of anilines is 1. The van der Waals surface area contributed by atoms with E-state index < -0.39 is 17.8 Å². The largest absolute Gasteiger partial charge is 0.465 e. The predicted molar refractivity (Wildman–Crippen MR) is 85.7 cm³/mol. The summed E-state index contributed by atoms with van der Waals surface area (Å²) in [7, 11) is 1.29. The van der Waals surface area contributed by atoms with Gasteiger partial charge < -0.3 is 14.8 Å². The number of benzene rings is 1. The number of hydrogen-bond donors (Lipinski definition) is 1. The van der Waals surface area contributed by atoms with E-state index in [0.717, 1.165) is 4.88 Å². The molecule has 23 heavy (non-hydrogen) atoms. The first-order valence-corrected chi connectivity index (χ1v) is 7.53. The van der Waals surface area contributed by atoms with Gasteiger partial charge in [-0.05, 0) is 43.3 Å². The van der Waals surface area contributed by atoms with Gasteiger partial charge in [-0.3, -0.25) is 4.79 Å². The lowest BCUT2D eigenvalue weighted by Gasteiger charge is -2.06. The summed E-state index contributed by atoms with van der Waals surface area (Å²) in [6.45, 7) is 1.50. The van der Waals surface area contributed by atoms with Crippen LogP contribution in [0.2, 0.25) is 0 Å². The highest BCUT2D eigenvalue weighted by atomic mass is 32.1. The van der Waals surface area contributed by atoms with Gasteiger partial charge in [0.2, 0.25) is 0 Å². The highest BCUT2D eigenvalue weighted by Crippen LogP contribution is 2.16. The third-order valence-corrected chi connectivity index (χ3v) is 3.85. The van der Waals surface area contributed by atoms with Crippen LogP contribution >= 0.6 is 11.3 Å². The molecule has 1 aromatic heterocycles. The molecule has 0 saturated heterocycles. The Bertz CT molecular complexity index is 720. The maximum Gasteiger partial charge on any atom is 0.348 e. The van der Waals surface area contributed by atoms with Crippen LogP contribution in [0.5, 0.6) is 0 Å². The van der Waals surface area contributed by atoms with Crippen molar-refractivity contribution in [2.24, 2.45) is 0 Å². The van der Waals surface area contributed by atoms with Gasteiger partial charge >= 0.3 is 11.9 Å². The van der Waals surface area contributed by atoms with E-state index >= 15 is 0 Å². The van der Waals surface area contributed by atoms with E-state index in [9.17, 15) is 14.4 Å². The number of esters is 2. The van der Waals surface area contributed by atoms with Gasteiger partial charge in [0.05, 0.1) is 12.7 Å². The average molecular weight is 333 g/mol. The maximum atomic E-state index is 11.8. The number of methoxy groups -OCH3 is 1. The molecule has 7 heteroatoms. The molecule has 0 saturated carbocycles. The molecule has 0 aliphatic carbocycles. The van der Waals surface area contributed by atoms with E-state index in [1.165, 1.54) is 30.6 Å². The third kappa shape index (κ3) is 4.65. The average Bonchev–Trinajstić information content (AvgIpc) is 2.99. The number of rotatable bonds is 5. The number of hydrogen-bond acceptors (Lipinski definition) is 6. The molecule has 2 rings (SSSR count). The van der Waals surface area contributed by atoms with E-state index in [1.54, 1.807) is 18.2 Å². The lowest BCUT2D eigenvalue weighted by Crippen LogP contribution is -2.20. The van der Waals surface area contributed by atoms with Crippen molar-refractivity contribution in [3.8, 4) is 0 Å². The van der Waals surface area contributed by atoms with Gasteiger partial charge in [-0.1, -0.05) is 0 Å². The monoisotopic (exact) mass is 333 g/mol. The molecule has 6 nitrogen and oxygen atoms in total. The molecule has 0 unspecified atom stereocenters. The summed E-state index contributed by atoms with van der Waals surface area (Å²) in [5.74, 6) is -1.44. The number of amides is 1. The van der Waals surface area contributed by atoms with Crippen molar-refractivity contribution in [2.75, 3.05) is 19.0 Å². The fraction of sp³-hybridized carbons (Fsp3) is 0.188. The van der Waals surface area contributed by atoms with Gasteiger partial charge in [-0.2, -0.15) is 0 Å². The van der Waals surface area contributed by atoms with E-state index in [1.807, 2.05) is 13.0 Å². The Kier molecular flexibility index (Phi) is 5.48. The Morgan fingerprint density at radius 2 is 1.74 bits per heavy atom. The Balaban J connectivity index is 1.85. The molecule has 1 N–H and O–H groups in total. The van der Waals surface area contributed by atoms with Gasteiger partial charge in [0, 0.05) is 10.6 Å². The number of carbonyl (C=O) groups excluding carboxylic acids is 3. The summed E-state index contributed by atoms with van der Waals surface area (Å²) < 4.78 is 9.52. The number of ether oxygens (including phenoxy) is 2. The van der Waals surface area contributed by atoms with Crippen molar-refractivity contribution in [3.63, 3.8) is 0 Å². The van der Waals surface area contributed by atoms with Crippen molar-refractivity contribution in [1.82, 2.24) is 0 Å². The highest BCUT2D eigenvalue weighted by molar-refractivity contribution is 7.13. The number of carbonyl (C=O) groups is 3. The second kappa shape index (κ2) is 7.55.